The van der Waals surface area contributed by atoms with Gasteiger partial charge in [-0.1, -0.05) is 6.07 Å². The number of halogens is 4. The molecule has 0 spiro atoms. The first-order chi connectivity index (χ1) is 9.14. The van der Waals surface area contributed by atoms with Crippen LogP contribution in [0.3, 0.4) is 0 Å². The Hall–Kier alpha value is -1.84. The van der Waals surface area contributed by atoms with Crippen LogP contribution in [0.4, 0.5) is 18.9 Å². The summed E-state index contributed by atoms with van der Waals surface area (Å²) in [5.41, 5.74) is -0.401. The van der Waals surface area contributed by atoms with Crippen LogP contribution in [0, 0.1) is 16.0 Å². The third-order valence-electron chi connectivity index (χ3n) is 2.24. The highest BCUT2D eigenvalue weighted by atomic mass is 79.9. The maximum absolute atomic E-state index is 12.4. The molecule has 110 valence electrons. The number of aliphatic carboxylic acids is 1. The maximum Gasteiger partial charge on any atom is 0.405 e. The topological polar surface area (TPSA) is 89.7 Å². The normalized spacial score (nSPS) is 12.8. The van der Waals surface area contributed by atoms with Crippen LogP contribution in [-0.2, 0) is 4.79 Å². The SMILES string of the molecule is O=C(O)C(COc1cccc([N+](=O)[O-])c1Br)C(F)(F)F. The van der Waals surface area contributed by atoms with Crippen LogP contribution in [0.25, 0.3) is 0 Å². The molecule has 1 aromatic carbocycles. The molecule has 20 heavy (non-hydrogen) atoms. The van der Waals surface area contributed by atoms with Gasteiger partial charge in [0.1, 0.15) is 16.8 Å². The first-order valence-corrected chi connectivity index (χ1v) is 5.79. The van der Waals surface area contributed by atoms with E-state index in [1.54, 1.807) is 0 Å². The Balaban J connectivity index is 2.92. The van der Waals surface area contributed by atoms with Gasteiger partial charge in [0.05, 0.1) is 4.92 Å². The van der Waals surface area contributed by atoms with E-state index in [4.69, 9.17) is 9.84 Å². The molecule has 6 nitrogen and oxygen atoms in total. The molecule has 0 radical (unpaired) electrons. The summed E-state index contributed by atoms with van der Waals surface area (Å²) in [7, 11) is 0. The predicted octanol–water partition coefficient (Wildman–Crippen LogP) is 3.00. The monoisotopic (exact) mass is 357 g/mol. The standard InChI is InChI=1S/C10H7BrF3NO5/c11-8-6(15(18)19)2-1-3-7(8)20-4-5(9(16)17)10(12,13)14/h1-3,5H,4H2,(H,16,17). The van der Waals surface area contributed by atoms with Crippen molar-refractivity contribution in [3.05, 3.63) is 32.8 Å². The van der Waals surface area contributed by atoms with Crippen molar-refractivity contribution in [1.82, 2.24) is 0 Å². The van der Waals surface area contributed by atoms with E-state index in [1.165, 1.54) is 12.1 Å². The fourth-order valence-corrected chi connectivity index (χ4v) is 1.75. The van der Waals surface area contributed by atoms with E-state index in [-0.39, 0.29) is 10.2 Å². The Morgan fingerprint density at radius 3 is 2.55 bits per heavy atom. The molecule has 0 amide bonds. The molecule has 0 aliphatic heterocycles. The molecule has 1 atom stereocenters. The van der Waals surface area contributed by atoms with Crippen molar-refractivity contribution in [2.75, 3.05) is 6.61 Å². The predicted molar refractivity (Wildman–Crippen MR) is 63.5 cm³/mol. The summed E-state index contributed by atoms with van der Waals surface area (Å²) in [5.74, 6) is -5.04. The summed E-state index contributed by atoms with van der Waals surface area (Å²) in [5, 5.41) is 19.1. The molecular formula is C10H7BrF3NO5. The lowest BCUT2D eigenvalue weighted by Crippen LogP contribution is -2.35. The van der Waals surface area contributed by atoms with E-state index in [9.17, 15) is 28.1 Å². The van der Waals surface area contributed by atoms with Gasteiger partial charge >= 0.3 is 12.1 Å². The fourth-order valence-electron chi connectivity index (χ4n) is 1.23. The molecule has 0 heterocycles. The van der Waals surface area contributed by atoms with Gasteiger partial charge in [0.2, 0.25) is 0 Å². The summed E-state index contributed by atoms with van der Waals surface area (Å²) in [4.78, 5) is 20.4. The summed E-state index contributed by atoms with van der Waals surface area (Å²) >= 11 is 2.82. The Bertz CT molecular complexity index is 534. The van der Waals surface area contributed by atoms with Gasteiger partial charge in [-0.15, -0.1) is 0 Å². The zero-order chi connectivity index (χ0) is 15.5. The van der Waals surface area contributed by atoms with Crippen molar-refractivity contribution in [2.45, 2.75) is 6.18 Å². The molecule has 0 aliphatic rings. The molecule has 1 N–H and O–H groups in total. The van der Waals surface area contributed by atoms with E-state index in [2.05, 4.69) is 15.9 Å². The van der Waals surface area contributed by atoms with Gasteiger partial charge in [0, 0.05) is 6.07 Å². The zero-order valence-electron chi connectivity index (χ0n) is 9.56. The number of rotatable bonds is 5. The minimum Gasteiger partial charge on any atom is -0.491 e. The van der Waals surface area contributed by atoms with Gasteiger partial charge in [-0.3, -0.25) is 14.9 Å². The molecule has 0 aliphatic carbocycles. The number of carboxylic acids is 1. The number of hydrogen-bond acceptors (Lipinski definition) is 4. The van der Waals surface area contributed by atoms with Gasteiger partial charge in [0.25, 0.3) is 5.69 Å². The van der Waals surface area contributed by atoms with Crippen molar-refractivity contribution in [1.29, 1.82) is 0 Å². The number of nitro groups is 1. The number of hydrogen-bond donors (Lipinski definition) is 1. The average Bonchev–Trinajstić information content (AvgIpc) is 2.28. The lowest BCUT2D eigenvalue weighted by Gasteiger charge is -2.17. The molecule has 0 bridgehead atoms. The highest BCUT2D eigenvalue weighted by molar-refractivity contribution is 9.10. The second kappa shape index (κ2) is 6.07. The summed E-state index contributed by atoms with van der Waals surface area (Å²) in [6.45, 7) is -1.18. The third-order valence-corrected chi connectivity index (χ3v) is 3.04. The fraction of sp³-hybridized carbons (Fsp3) is 0.300. The van der Waals surface area contributed by atoms with Gasteiger partial charge in [-0.2, -0.15) is 13.2 Å². The van der Waals surface area contributed by atoms with Crippen molar-refractivity contribution >= 4 is 27.6 Å². The second-order valence-corrected chi connectivity index (χ2v) is 4.38. The molecular weight excluding hydrogens is 351 g/mol. The Morgan fingerprint density at radius 1 is 1.50 bits per heavy atom. The van der Waals surface area contributed by atoms with Crippen molar-refractivity contribution in [2.24, 2.45) is 5.92 Å². The number of nitrogens with zero attached hydrogens (tertiary/aromatic N) is 1. The van der Waals surface area contributed by atoms with Crippen LogP contribution < -0.4 is 4.74 Å². The van der Waals surface area contributed by atoms with E-state index in [0.717, 1.165) is 6.07 Å². The van der Waals surface area contributed by atoms with Gasteiger partial charge in [0.15, 0.2) is 5.92 Å². The van der Waals surface area contributed by atoms with Crippen LogP contribution >= 0.6 is 15.9 Å². The first kappa shape index (κ1) is 16.2. The quantitative estimate of drug-likeness (QED) is 0.646. The molecule has 0 fully saturated rings. The number of nitro benzene ring substituents is 1. The van der Waals surface area contributed by atoms with E-state index >= 15 is 0 Å². The highest BCUT2D eigenvalue weighted by Crippen LogP contribution is 2.35. The third kappa shape index (κ3) is 3.83. The van der Waals surface area contributed by atoms with E-state index < -0.39 is 35.3 Å². The van der Waals surface area contributed by atoms with Crippen molar-refractivity contribution in [3.8, 4) is 5.75 Å². The van der Waals surface area contributed by atoms with Crippen molar-refractivity contribution < 1.29 is 32.7 Å². The Labute approximate surface area is 118 Å². The summed E-state index contributed by atoms with van der Waals surface area (Å²) < 4.78 is 41.8. The Kier molecular flexibility index (Phi) is 4.93. The second-order valence-electron chi connectivity index (χ2n) is 3.59. The summed E-state index contributed by atoms with van der Waals surface area (Å²) in [6, 6.07) is 3.52. The van der Waals surface area contributed by atoms with Crippen LogP contribution in [-0.4, -0.2) is 28.8 Å². The molecule has 1 unspecified atom stereocenters. The lowest BCUT2D eigenvalue weighted by molar-refractivity contribution is -0.385. The van der Waals surface area contributed by atoms with Crippen LogP contribution in [0.1, 0.15) is 0 Å². The number of alkyl halides is 3. The van der Waals surface area contributed by atoms with Gasteiger partial charge < -0.3 is 9.84 Å². The number of carbonyl (C=O) groups is 1. The van der Waals surface area contributed by atoms with Crippen LogP contribution in [0.15, 0.2) is 22.7 Å². The smallest absolute Gasteiger partial charge is 0.405 e. The van der Waals surface area contributed by atoms with E-state index in [1.807, 2.05) is 0 Å². The maximum atomic E-state index is 12.4. The lowest BCUT2D eigenvalue weighted by atomic mass is 10.1. The Morgan fingerprint density at radius 2 is 2.10 bits per heavy atom. The molecule has 1 rings (SSSR count). The average molecular weight is 358 g/mol. The first-order valence-electron chi connectivity index (χ1n) is 4.99. The van der Waals surface area contributed by atoms with Gasteiger partial charge in [-0.05, 0) is 22.0 Å². The summed E-state index contributed by atoms with van der Waals surface area (Å²) in [6.07, 6.45) is -4.97. The highest BCUT2D eigenvalue weighted by Gasteiger charge is 2.45. The largest absolute Gasteiger partial charge is 0.491 e. The zero-order valence-corrected chi connectivity index (χ0v) is 11.1. The number of ether oxygens (including phenoxy) is 1. The minimum absolute atomic E-state index is 0.156. The number of benzene rings is 1. The van der Waals surface area contributed by atoms with Gasteiger partial charge in [-0.25, -0.2) is 0 Å². The number of carboxylic acid groups (broad SMARTS) is 1. The molecule has 0 saturated carbocycles. The van der Waals surface area contributed by atoms with Crippen LogP contribution in [0.5, 0.6) is 5.75 Å². The van der Waals surface area contributed by atoms with E-state index in [0.29, 0.717) is 0 Å². The molecule has 0 aromatic heterocycles. The minimum atomic E-state index is -4.97. The van der Waals surface area contributed by atoms with Crippen molar-refractivity contribution in [3.63, 3.8) is 0 Å². The molecule has 1 aromatic rings. The molecule has 0 saturated heterocycles. The van der Waals surface area contributed by atoms with Crippen LogP contribution in [0.2, 0.25) is 0 Å². The molecule has 10 heteroatoms.